The third kappa shape index (κ3) is 2.22. The summed E-state index contributed by atoms with van der Waals surface area (Å²) in [5, 5.41) is 11.1. The Labute approximate surface area is 117 Å². The van der Waals surface area contributed by atoms with E-state index in [4.69, 9.17) is 0 Å². The minimum Gasteiger partial charge on any atom is -0.492 e. The largest absolute Gasteiger partial charge is 0.492 e. The van der Waals surface area contributed by atoms with E-state index in [1.54, 1.807) is 0 Å². The molecule has 0 spiro atoms. The van der Waals surface area contributed by atoms with Crippen LogP contribution in [0.15, 0.2) is 54.6 Å². The van der Waals surface area contributed by atoms with E-state index < -0.39 is 0 Å². The first-order valence-electron chi connectivity index (χ1n) is 6.41. The third-order valence-electron chi connectivity index (χ3n) is 3.24. The fraction of sp³-hybridized carbons (Fsp3) is 0.0556. The molecule has 2 aromatic carbocycles. The van der Waals surface area contributed by atoms with Crippen LogP contribution < -0.4 is 0 Å². The number of para-hydroxylation sites is 1. The van der Waals surface area contributed by atoms with E-state index in [2.05, 4.69) is 16.8 Å². The first-order valence-corrected chi connectivity index (χ1v) is 6.41. The van der Waals surface area contributed by atoms with Crippen LogP contribution in [0.1, 0.15) is 16.7 Å². The van der Waals surface area contributed by atoms with Gasteiger partial charge in [-0.1, -0.05) is 48.2 Å². The van der Waals surface area contributed by atoms with Crippen molar-refractivity contribution < 1.29 is 5.11 Å². The summed E-state index contributed by atoms with van der Waals surface area (Å²) in [5.74, 6) is 6.07. The number of rotatable bonds is 0. The molecule has 0 aliphatic rings. The molecule has 1 N–H and O–H groups in total. The van der Waals surface area contributed by atoms with Crippen molar-refractivity contribution in [2.45, 2.75) is 6.92 Å². The van der Waals surface area contributed by atoms with Crippen molar-refractivity contribution in [2.24, 2.45) is 0 Å². The molecular weight excluding hydrogens is 246 g/mol. The molecule has 0 fully saturated rings. The number of aromatic nitrogens is 1. The minimum absolute atomic E-state index is 0.00960. The standard InChI is InChI=1S/C18H13NO/c1-13-15-9-5-6-10-17(15)19-18(20)16(13)12-11-14-7-3-2-4-8-14/h2-10H,1H3,(H,19,20). The van der Waals surface area contributed by atoms with Gasteiger partial charge in [0.1, 0.15) is 0 Å². The second kappa shape index (κ2) is 5.07. The lowest BCUT2D eigenvalue weighted by atomic mass is 10.0. The van der Waals surface area contributed by atoms with E-state index in [0.29, 0.717) is 5.56 Å². The van der Waals surface area contributed by atoms with Crippen LogP contribution in [-0.4, -0.2) is 10.1 Å². The van der Waals surface area contributed by atoms with Crippen LogP contribution >= 0.6 is 0 Å². The number of aryl methyl sites for hydroxylation is 1. The molecule has 1 heterocycles. The van der Waals surface area contributed by atoms with Crippen molar-refractivity contribution in [3.05, 3.63) is 71.3 Å². The predicted octanol–water partition coefficient (Wildman–Crippen LogP) is 3.65. The molecule has 0 aliphatic heterocycles. The SMILES string of the molecule is Cc1c(C#Cc2ccccc2)c(O)nc2ccccc12. The van der Waals surface area contributed by atoms with Crippen molar-refractivity contribution in [1.82, 2.24) is 4.98 Å². The van der Waals surface area contributed by atoms with Gasteiger partial charge in [-0.2, -0.15) is 0 Å². The number of hydrogen-bond acceptors (Lipinski definition) is 2. The summed E-state index contributed by atoms with van der Waals surface area (Å²) in [4.78, 5) is 4.20. The van der Waals surface area contributed by atoms with Gasteiger partial charge in [0, 0.05) is 10.9 Å². The highest BCUT2D eigenvalue weighted by Gasteiger charge is 2.08. The third-order valence-corrected chi connectivity index (χ3v) is 3.24. The van der Waals surface area contributed by atoms with E-state index in [9.17, 15) is 5.11 Å². The van der Waals surface area contributed by atoms with Crippen LogP contribution in [0.3, 0.4) is 0 Å². The summed E-state index contributed by atoms with van der Waals surface area (Å²) in [6.07, 6.45) is 0. The molecule has 2 heteroatoms. The Morgan fingerprint density at radius 2 is 1.60 bits per heavy atom. The second-order valence-electron chi connectivity index (χ2n) is 4.57. The van der Waals surface area contributed by atoms with Crippen LogP contribution in [0.25, 0.3) is 10.9 Å². The zero-order valence-corrected chi connectivity index (χ0v) is 11.1. The predicted molar refractivity (Wildman–Crippen MR) is 80.6 cm³/mol. The van der Waals surface area contributed by atoms with Crippen LogP contribution in [0, 0.1) is 18.8 Å². The number of hydrogen-bond donors (Lipinski definition) is 1. The summed E-state index contributed by atoms with van der Waals surface area (Å²) in [7, 11) is 0. The summed E-state index contributed by atoms with van der Waals surface area (Å²) in [6.45, 7) is 1.96. The maximum atomic E-state index is 10.1. The van der Waals surface area contributed by atoms with Crippen molar-refractivity contribution >= 4 is 10.9 Å². The molecule has 0 saturated carbocycles. The molecular formula is C18H13NO. The Morgan fingerprint density at radius 1 is 0.900 bits per heavy atom. The van der Waals surface area contributed by atoms with E-state index in [1.807, 2.05) is 61.5 Å². The van der Waals surface area contributed by atoms with E-state index in [1.165, 1.54) is 0 Å². The molecule has 0 aliphatic carbocycles. The zero-order valence-electron chi connectivity index (χ0n) is 11.1. The van der Waals surface area contributed by atoms with Crippen LogP contribution in [0.5, 0.6) is 5.88 Å². The van der Waals surface area contributed by atoms with Gasteiger partial charge in [0.25, 0.3) is 0 Å². The lowest BCUT2D eigenvalue weighted by Crippen LogP contribution is -1.90. The van der Waals surface area contributed by atoms with Gasteiger partial charge < -0.3 is 5.11 Å². The fourth-order valence-electron chi connectivity index (χ4n) is 2.17. The number of nitrogens with zero attached hydrogens (tertiary/aromatic N) is 1. The Balaban J connectivity index is 2.15. The molecule has 2 nitrogen and oxygen atoms in total. The van der Waals surface area contributed by atoms with Gasteiger partial charge in [0.15, 0.2) is 0 Å². The molecule has 0 saturated heterocycles. The lowest BCUT2D eigenvalue weighted by Gasteiger charge is -2.05. The average molecular weight is 259 g/mol. The highest BCUT2D eigenvalue weighted by atomic mass is 16.3. The Bertz CT molecular complexity index is 826. The fourth-order valence-corrected chi connectivity index (χ4v) is 2.17. The van der Waals surface area contributed by atoms with Crippen molar-refractivity contribution in [3.8, 4) is 17.7 Å². The summed E-state index contributed by atoms with van der Waals surface area (Å²) >= 11 is 0. The molecule has 20 heavy (non-hydrogen) atoms. The van der Waals surface area contributed by atoms with Crippen molar-refractivity contribution in [1.29, 1.82) is 0 Å². The molecule has 0 atom stereocenters. The number of benzene rings is 2. The summed E-state index contributed by atoms with van der Waals surface area (Å²) < 4.78 is 0. The second-order valence-corrected chi connectivity index (χ2v) is 4.57. The zero-order chi connectivity index (χ0) is 13.9. The highest BCUT2D eigenvalue weighted by Crippen LogP contribution is 2.25. The van der Waals surface area contributed by atoms with Crippen LogP contribution in [-0.2, 0) is 0 Å². The normalized spacial score (nSPS) is 10.1. The van der Waals surface area contributed by atoms with Gasteiger partial charge in [-0.3, -0.25) is 0 Å². The van der Waals surface area contributed by atoms with E-state index in [-0.39, 0.29) is 5.88 Å². The summed E-state index contributed by atoms with van der Waals surface area (Å²) in [6, 6.07) is 17.4. The maximum Gasteiger partial charge on any atom is 0.227 e. The van der Waals surface area contributed by atoms with E-state index >= 15 is 0 Å². The molecule has 0 bridgehead atoms. The monoisotopic (exact) mass is 259 g/mol. The number of aromatic hydroxyl groups is 1. The number of pyridine rings is 1. The molecule has 0 amide bonds. The molecule has 3 rings (SSSR count). The van der Waals surface area contributed by atoms with Gasteiger partial charge in [-0.15, -0.1) is 0 Å². The molecule has 0 unspecified atom stereocenters. The van der Waals surface area contributed by atoms with Crippen molar-refractivity contribution in [2.75, 3.05) is 0 Å². The van der Waals surface area contributed by atoms with Gasteiger partial charge in [0.05, 0.1) is 11.1 Å². The minimum atomic E-state index is -0.00960. The topological polar surface area (TPSA) is 33.1 Å². The average Bonchev–Trinajstić information content (AvgIpc) is 2.48. The maximum absolute atomic E-state index is 10.1. The Morgan fingerprint density at radius 3 is 2.40 bits per heavy atom. The van der Waals surface area contributed by atoms with Gasteiger partial charge in [0.2, 0.25) is 5.88 Å². The van der Waals surface area contributed by atoms with Gasteiger partial charge >= 0.3 is 0 Å². The molecule has 0 radical (unpaired) electrons. The van der Waals surface area contributed by atoms with E-state index in [0.717, 1.165) is 22.0 Å². The first kappa shape index (κ1) is 12.3. The molecule has 3 aromatic rings. The Kier molecular flexibility index (Phi) is 3.10. The number of fused-ring (bicyclic) bond motifs is 1. The molecule has 1 aromatic heterocycles. The molecule has 96 valence electrons. The van der Waals surface area contributed by atoms with Crippen LogP contribution in [0.2, 0.25) is 0 Å². The lowest BCUT2D eigenvalue weighted by molar-refractivity contribution is 0.453. The van der Waals surface area contributed by atoms with Gasteiger partial charge in [-0.25, -0.2) is 4.98 Å². The van der Waals surface area contributed by atoms with Crippen molar-refractivity contribution in [3.63, 3.8) is 0 Å². The van der Waals surface area contributed by atoms with Gasteiger partial charge in [-0.05, 0) is 30.7 Å². The summed E-state index contributed by atoms with van der Waals surface area (Å²) in [5.41, 5.74) is 3.25. The smallest absolute Gasteiger partial charge is 0.227 e. The quantitative estimate of drug-likeness (QED) is 0.625. The Hall–Kier alpha value is -2.79. The van der Waals surface area contributed by atoms with Crippen LogP contribution in [0.4, 0.5) is 0 Å². The first-order chi connectivity index (χ1) is 9.75. The highest BCUT2D eigenvalue weighted by molar-refractivity contribution is 5.85.